The van der Waals surface area contributed by atoms with Crippen LogP contribution in [0.3, 0.4) is 0 Å². The first kappa shape index (κ1) is 16.2. The van der Waals surface area contributed by atoms with E-state index in [2.05, 4.69) is 15.6 Å². The summed E-state index contributed by atoms with van der Waals surface area (Å²) in [6.07, 6.45) is 1.31. The second kappa shape index (κ2) is 7.69. The van der Waals surface area contributed by atoms with E-state index in [9.17, 15) is 14.4 Å². The number of para-hydroxylation sites is 1. The molecule has 2 N–H and O–H groups in total. The molecule has 118 valence electrons. The van der Waals surface area contributed by atoms with Crippen LogP contribution in [-0.4, -0.2) is 22.9 Å². The molecule has 3 amide bonds. The summed E-state index contributed by atoms with van der Waals surface area (Å²) in [5.74, 6) is -0.990. The molecule has 0 aliphatic rings. The third-order valence-electron chi connectivity index (χ3n) is 2.77. The smallest absolute Gasteiger partial charge is 0.326 e. The van der Waals surface area contributed by atoms with Crippen LogP contribution in [0.2, 0.25) is 0 Å². The summed E-state index contributed by atoms with van der Waals surface area (Å²) < 4.78 is 4.79. The third-order valence-corrected chi connectivity index (χ3v) is 2.77. The van der Waals surface area contributed by atoms with Gasteiger partial charge in [-0.15, -0.1) is 0 Å². The molecule has 2 rings (SSSR count). The number of nitrogens with one attached hydrogen (secondary N) is 2. The molecule has 1 aromatic carbocycles. The fourth-order valence-corrected chi connectivity index (χ4v) is 1.68. The number of carbonyl (C=O) groups excluding carboxylic acids is 3. The number of anilines is 1. The third kappa shape index (κ3) is 5.24. The zero-order valence-electron chi connectivity index (χ0n) is 12.4. The van der Waals surface area contributed by atoms with E-state index in [-0.39, 0.29) is 12.2 Å². The van der Waals surface area contributed by atoms with E-state index >= 15 is 0 Å². The Hall–Kier alpha value is -3.22. The SMILES string of the molecule is CC(=O)OCc1ccc(C(=O)NC(=O)Nc2ccccc2)cn1. The first-order valence-corrected chi connectivity index (χ1v) is 6.80. The monoisotopic (exact) mass is 313 g/mol. The molecule has 0 saturated heterocycles. The number of hydrogen-bond donors (Lipinski definition) is 2. The van der Waals surface area contributed by atoms with Gasteiger partial charge < -0.3 is 10.1 Å². The molecule has 2 aromatic rings. The lowest BCUT2D eigenvalue weighted by molar-refractivity contribution is -0.142. The molecule has 7 nitrogen and oxygen atoms in total. The van der Waals surface area contributed by atoms with Crippen molar-refractivity contribution < 1.29 is 19.1 Å². The average Bonchev–Trinajstić information content (AvgIpc) is 2.54. The zero-order valence-corrected chi connectivity index (χ0v) is 12.4. The van der Waals surface area contributed by atoms with Gasteiger partial charge in [-0.2, -0.15) is 0 Å². The Morgan fingerprint density at radius 1 is 1.09 bits per heavy atom. The highest BCUT2D eigenvalue weighted by Gasteiger charge is 2.11. The average molecular weight is 313 g/mol. The highest BCUT2D eigenvalue weighted by Crippen LogP contribution is 2.05. The van der Waals surface area contributed by atoms with Gasteiger partial charge in [0.1, 0.15) is 6.61 Å². The van der Waals surface area contributed by atoms with Crippen LogP contribution in [0, 0.1) is 0 Å². The van der Waals surface area contributed by atoms with Gasteiger partial charge in [-0.3, -0.25) is 19.9 Å². The summed E-state index contributed by atoms with van der Waals surface area (Å²) in [6.45, 7) is 1.33. The van der Waals surface area contributed by atoms with Crippen molar-refractivity contribution in [1.82, 2.24) is 10.3 Å². The number of nitrogens with zero attached hydrogens (tertiary/aromatic N) is 1. The predicted octanol–water partition coefficient (Wildman–Crippen LogP) is 2.11. The van der Waals surface area contributed by atoms with E-state index in [1.807, 2.05) is 6.07 Å². The number of hydrogen-bond acceptors (Lipinski definition) is 5. The van der Waals surface area contributed by atoms with Gasteiger partial charge in [0.15, 0.2) is 0 Å². The molecule has 1 aromatic heterocycles. The lowest BCUT2D eigenvalue weighted by Gasteiger charge is -2.07. The van der Waals surface area contributed by atoms with Gasteiger partial charge in [-0.1, -0.05) is 18.2 Å². The molecular weight excluding hydrogens is 298 g/mol. The lowest BCUT2D eigenvalue weighted by atomic mass is 10.2. The molecule has 0 aliphatic heterocycles. The van der Waals surface area contributed by atoms with Crippen LogP contribution in [0.1, 0.15) is 23.0 Å². The van der Waals surface area contributed by atoms with Gasteiger partial charge in [-0.05, 0) is 24.3 Å². The molecule has 0 radical (unpaired) electrons. The standard InChI is InChI=1S/C16H15N3O4/c1-11(20)23-10-14-8-7-12(9-17-14)15(21)19-16(22)18-13-5-3-2-4-6-13/h2-9H,10H2,1H3,(H2,18,19,21,22). The zero-order chi connectivity index (χ0) is 16.7. The van der Waals surface area contributed by atoms with Crippen LogP contribution in [0.5, 0.6) is 0 Å². The van der Waals surface area contributed by atoms with Crippen molar-refractivity contribution >= 4 is 23.6 Å². The number of imide groups is 1. The van der Waals surface area contributed by atoms with Gasteiger partial charge in [0, 0.05) is 18.8 Å². The first-order chi connectivity index (χ1) is 11.0. The van der Waals surface area contributed by atoms with Gasteiger partial charge in [-0.25, -0.2) is 4.79 Å². The molecule has 0 spiro atoms. The summed E-state index contributed by atoms with van der Waals surface area (Å²) >= 11 is 0. The minimum Gasteiger partial charge on any atom is -0.459 e. The van der Waals surface area contributed by atoms with Crippen molar-refractivity contribution in [1.29, 1.82) is 0 Å². The van der Waals surface area contributed by atoms with Crippen molar-refractivity contribution in [2.75, 3.05) is 5.32 Å². The van der Waals surface area contributed by atoms with E-state index in [4.69, 9.17) is 4.74 Å². The Balaban J connectivity index is 1.90. The number of carbonyl (C=O) groups is 3. The second-order valence-corrected chi connectivity index (χ2v) is 4.59. The molecule has 0 aliphatic carbocycles. The van der Waals surface area contributed by atoms with E-state index in [0.29, 0.717) is 11.4 Å². The second-order valence-electron chi connectivity index (χ2n) is 4.59. The fourth-order valence-electron chi connectivity index (χ4n) is 1.68. The Kier molecular flexibility index (Phi) is 5.40. The first-order valence-electron chi connectivity index (χ1n) is 6.80. The molecule has 0 bridgehead atoms. The van der Waals surface area contributed by atoms with Crippen LogP contribution in [-0.2, 0) is 16.1 Å². The topological polar surface area (TPSA) is 97.4 Å². The molecule has 0 unspecified atom stereocenters. The lowest BCUT2D eigenvalue weighted by Crippen LogP contribution is -2.34. The molecule has 23 heavy (non-hydrogen) atoms. The van der Waals surface area contributed by atoms with Crippen molar-refractivity contribution in [2.24, 2.45) is 0 Å². The van der Waals surface area contributed by atoms with E-state index in [1.54, 1.807) is 30.3 Å². The maximum absolute atomic E-state index is 11.9. The normalized spacial score (nSPS) is 9.78. The van der Waals surface area contributed by atoms with Crippen molar-refractivity contribution in [3.05, 3.63) is 59.9 Å². The number of esters is 1. The number of urea groups is 1. The Morgan fingerprint density at radius 2 is 1.83 bits per heavy atom. The van der Waals surface area contributed by atoms with Crippen LogP contribution in [0.4, 0.5) is 10.5 Å². The number of amides is 3. The maximum atomic E-state index is 11.9. The van der Waals surface area contributed by atoms with E-state index in [1.165, 1.54) is 19.2 Å². The Morgan fingerprint density at radius 3 is 2.43 bits per heavy atom. The van der Waals surface area contributed by atoms with Gasteiger partial charge in [0.25, 0.3) is 5.91 Å². The fraction of sp³-hybridized carbons (Fsp3) is 0.125. The maximum Gasteiger partial charge on any atom is 0.326 e. The molecule has 0 fully saturated rings. The number of rotatable bonds is 4. The molecule has 0 saturated carbocycles. The van der Waals surface area contributed by atoms with Crippen LogP contribution >= 0.6 is 0 Å². The van der Waals surface area contributed by atoms with Crippen LogP contribution in [0.15, 0.2) is 48.7 Å². The van der Waals surface area contributed by atoms with Gasteiger partial charge >= 0.3 is 12.0 Å². The highest BCUT2D eigenvalue weighted by atomic mass is 16.5. The van der Waals surface area contributed by atoms with Crippen molar-refractivity contribution in [3.63, 3.8) is 0 Å². The summed E-state index contributed by atoms with van der Waals surface area (Å²) in [7, 11) is 0. The number of benzene rings is 1. The molecule has 1 heterocycles. The van der Waals surface area contributed by atoms with E-state index < -0.39 is 17.9 Å². The van der Waals surface area contributed by atoms with Gasteiger partial charge in [0.2, 0.25) is 0 Å². The summed E-state index contributed by atoms with van der Waals surface area (Å²) in [5.41, 5.74) is 1.30. The van der Waals surface area contributed by atoms with Gasteiger partial charge in [0.05, 0.1) is 11.3 Å². The van der Waals surface area contributed by atoms with Crippen molar-refractivity contribution in [3.8, 4) is 0 Å². The Labute approximate surface area is 132 Å². The Bertz CT molecular complexity index is 699. The van der Waals surface area contributed by atoms with Crippen LogP contribution in [0.25, 0.3) is 0 Å². The minimum absolute atomic E-state index is 0.0335. The summed E-state index contributed by atoms with van der Waals surface area (Å²) in [4.78, 5) is 38.3. The molecular formula is C16H15N3O4. The predicted molar refractivity (Wildman–Crippen MR) is 82.6 cm³/mol. The number of pyridine rings is 1. The van der Waals surface area contributed by atoms with E-state index in [0.717, 1.165) is 0 Å². The molecule has 7 heteroatoms. The highest BCUT2D eigenvalue weighted by molar-refractivity contribution is 6.07. The molecule has 0 atom stereocenters. The largest absolute Gasteiger partial charge is 0.459 e. The van der Waals surface area contributed by atoms with Crippen LogP contribution < -0.4 is 10.6 Å². The summed E-state index contributed by atoms with van der Waals surface area (Å²) in [5, 5.41) is 4.74. The minimum atomic E-state index is -0.634. The van der Waals surface area contributed by atoms with Crippen molar-refractivity contribution in [2.45, 2.75) is 13.5 Å². The number of aromatic nitrogens is 1. The summed E-state index contributed by atoms with van der Waals surface area (Å²) in [6, 6.07) is 11.2. The quantitative estimate of drug-likeness (QED) is 0.843. The number of ether oxygens (including phenoxy) is 1.